The number of ether oxygens (including phenoxy) is 1. The van der Waals surface area contributed by atoms with Gasteiger partial charge in [-0.1, -0.05) is 36.4 Å². The smallest absolute Gasteiger partial charge is 0.340 e. The molecule has 0 aliphatic carbocycles. The molecular formula is C24H29N3O2. The van der Waals surface area contributed by atoms with E-state index >= 15 is 0 Å². The number of H-pyrrole nitrogens is 1. The summed E-state index contributed by atoms with van der Waals surface area (Å²) >= 11 is 0. The number of hydrogen-bond donors (Lipinski definition) is 1. The Labute approximate surface area is 172 Å². The molecule has 1 N–H and O–H groups in total. The van der Waals surface area contributed by atoms with E-state index in [9.17, 15) is 4.79 Å². The molecule has 2 aromatic carbocycles. The van der Waals surface area contributed by atoms with Crippen molar-refractivity contribution < 1.29 is 9.53 Å². The van der Waals surface area contributed by atoms with Crippen LogP contribution in [0.3, 0.4) is 0 Å². The molecule has 1 saturated heterocycles. The van der Waals surface area contributed by atoms with Crippen molar-refractivity contribution in [2.45, 2.75) is 20.0 Å². The second kappa shape index (κ2) is 8.80. The van der Waals surface area contributed by atoms with Gasteiger partial charge < -0.3 is 19.5 Å². The number of piperazine rings is 1. The van der Waals surface area contributed by atoms with Gasteiger partial charge in [0.25, 0.3) is 0 Å². The van der Waals surface area contributed by atoms with Crippen LogP contribution < -0.4 is 0 Å². The summed E-state index contributed by atoms with van der Waals surface area (Å²) in [5.74, 6) is -0.270. The summed E-state index contributed by atoms with van der Waals surface area (Å²) in [6.45, 7) is 7.79. The number of aromatic amines is 1. The van der Waals surface area contributed by atoms with Crippen LogP contribution in [0.2, 0.25) is 0 Å². The molecule has 0 saturated carbocycles. The van der Waals surface area contributed by atoms with Crippen molar-refractivity contribution in [1.29, 1.82) is 0 Å². The summed E-state index contributed by atoms with van der Waals surface area (Å²) in [6, 6.07) is 16.2. The number of rotatable bonds is 6. The third-order valence-electron chi connectivity index (χ3n) is 5.78. The van der Waals surface area contributed by atoms with E-state index in [2.05, 4.69) is 40.0 Å². The monoisotopic (exact) mass is 391 g/mol. The van der Waals surface area contributed by atoms with Crippen LogP contribution in [-0.2, 0) is 17.8 Å². The Hall–Kier alpha value is -2.63. The molecule has 152 valence electrons. The fourth-order valence-electron chi connectivity index (χ4n) is 3.95. The number of likely N-dealkylation sites (N-methyl/N-ethyl adjacent to an activating group) is 1. The van der Waals surface area contributed by atoms with Gasteiger partial charge in [-0.25, -0.2) is 4.79 Å². The summed E-state index contributed by atoms with van der Waals surface area (Å²) < 4.78 is 5.59. The van der Waals surface area contributed by atoms with Gasteiger partial charge in [-0.3, -0.25) is 0 Å². The molecule has 3 aromatic rings. The standard InChI is InChI=1S/C24H29N3O2/c1-18-23(24(28)29-17-20-6-4-3-5-7-20)21-16-19(8-9-22(21)25-18)10-11-27-14-12-26(2)13-15-27/h3-9,16,25H,10-15,17H2,1-2H3. The van der Waals surface area contributed by atoms with Crippen LogP contribution in [0.4, 0.5) is 0 Å². The molecular weight excluding hydrogens is 362 g/mol. The number of benzene rings is 2. The largest absolute Gasteiger partial charge is 0.457 e. The Balaban J connectivity index is 1.46. The van der Waals surface area contributed by atoms with Crippen molar-refractivity contribution in [1.82, 2.24) is 14.8 Å². The number of esters is 1. The minimum Gasteiger partial charge on any atom is -0.457 e. The number of fused-ring (bicyclic) bond motifs is 1. The highest BCUT2D eigenvalue weighted by Crippen LogP contribution is 2.25. The first-order valence-corrected chi connectivity index (χ1v) is 10.3. The lowest BCUT2D eigenvalue weighted by atomic mass is 10.1. The second-order valence-corrected chi connectivity index (χ2v) is 7.96. The normalized spacial score (nSPS) is 15.7. The third kappa shape index (κ3) is 4.69. The van der Waals surface area contributed by atoms with Crippen LogP contribution in [0.1, 0.15) is 27.2 Å². The van der Waals surface area contributed by atoms with Gasteiger partial charge in [-0.15, -0.1) is 0 Å². The molecule has 2 heterocycles. The zero-order valence-electron chi connectivity index (χ0n) is 17.3. The average molecular weight is 392 g/mol. The Morgan fingerprint density at radius 1 is 1.03 bits per heavy atom. The number of nitrogens with one attached hydrogen (secondary N) is 1. The molecule has 0 amide bonds. The molecule has 0 unspecified atom stereocenters. The first-order valence-electron chi connectivity index (χ1n) is 10.3. The van der Waals surface area contributed by atoms with Crippen molar-refractivity contribution >= 4 is 16.9 Å². The van der Waals surface area contributed by atoms with E-state index in [4.69, 9.17) is 4.74 Å². The number of aromatic nitrogens is 1. The molecule has 29 heavy (non-hydrogen) atoms. The molecule has 0 radical (unpaired) electrons. The van der Waals surface area contributed by atoms with Crippen LogP contribution in [0.15, 0.2) is 48.5 Å². The van der Waals surface area contributed by atoms with Crippen molar-refractivity contribution in [2.24, 2.45) is 0 Å². The van der Waals surface area contributed by atoms with Gasteiger partial charge in [0.15, 0.2) is 0 Å². The summed E-state index contributed by atoms with van der Waals surface area (Å²) in [7, 11) is 2.18. The first kappa shape index (κ1) is 19.7. The lowest BCUT2D eigenvalue weighted by molar-refractivity contribution is 0.0474. The zero-order chi connectivity index (χ0) is 20.2. The van der Waals surface area contributed by atoms with Gasteiger partial charge in [0.2, 0.25) is 0 Å². The van der Waals surface area contributed by atoms with Crippen molar-refractivity contribution in [2.75, 3.05) is 39.8 Å². The molecule has 4 rings (SSSR count). The van der Waals surface area contributed by atoms with Gasteiger partial charge in [0.1, 0.15) is 6.61 Å². The molecule has 0 atom stereocenters. The van der Waals surface area contributed by atoms with Crippen LogP contribution in [0.5, 0.6) is 0 Å². The number of aryl methyl sites for hydroxylation is 1. The van der Waals surface area contributed by atoms with E-state index in [1.54, 1.807) is 0 Å². The van der Waals surface area contributed by atoms with Crippen LogP contribution >= 0.6 is 0 Å². The van der Waals surface area contributed by atoms with E-state index in [1.807, 2.05) is 37.3 Å². The lowest BCUT2D eigenvalue weighted by Gasteiger charge is -2.32. The van der Waals surface area contributed by atoms with Crippen LogP contribution in [-0.4, -0.2) is 60.5 Å². The van der Waals surface area contributed by atoms with Gasteiger partial charge in [-0.05, 0) is 43.7 Å². The maximum absolute atomic E-state index is 12.8. The van der Waals surface area contributed by atoms with E-state index in [0.29, 0.717) is 5.56 Å². The minimum atomic E-state index is -0.270. The average Bonchev–Trinajstić information content (AvgIpc) is 3.07. The number of hydrogen-bond acceptors (Lipinski definition) is 4. The topological polar surface area (TPSA) is 48.6 Å². The van der Waals surface area contributed by atoms with Crippen LogP contribution in [0, 0.1) is 6.92 Å². The molecule has 1 fully saturated rings. The maximum atomic E-state index is 12.8. The highest BCUT2D eigenvalue weighted by molar-refractivity contribution is 6.05. The van der Waals surface area contributed by atoms with E-state index in [0.717, 1.165) is 61.3 Å². The Bertz CT molecular complexity index is 972. The summed E-state index contributed by atoms with van der Waals surface area (Å²) in [4.78, 5) is 21.0. The molecule has 0 spiro atoms. The lowest BCUT2D eigenvalue weighted by Crippen LogP contribution is -2.45. The predicted molar refractivity (Wildman–Crippen MR) is 116 cm³/mol. The molecule has 0 bridgehead atoms. The SMILES string of the molecule is Cc1[nH]c2ccc(CCN3CCN(C)CC3)cc2c1C(=O)OCc1ccccc1. The fraction of sp³-hybridized carbons (Fsp3) is 0.375. The highest BCUT2D eigenvalue weighted by atomic mass is 16.5. The Morgan fingerprint density at radius 2 is 1.79 bits per heavy atom. The molecule has 1 aliphatic rings. The molecule has 5 nitrogen and oxygen atoms in total. The second-order valence-electron chi connectivity index (χ2n) is 7.96. The quantitative estimate of drug-likeness (QED) is 0.652. The summed E-state index contributed by atoms with van der Waals surface area (Å²) in [5, 5.41) is 0.955. The van der Waals surface area contributed by atoms with E-state index in [1.165, 1.54) is 5.56 Å². The van der Waals surface area contributed by atoms with Crippen LogP contribution in [0.25, 0.3) is 10.9 Å². The maximum Gasteiger partial charge on any atom is 0.340 e. The van der Waals surface area contributed by atoms with Crippen molar-refractivity contribution in [3.63, 3.8) is 0 Å². The highest BCUT2D eigenvalue weighted by Gasteiger charge is 2.18. The zero-order valence-corrected chi connectivity index (χ0v) is 17.3. The summed E-state index contributed by atoms with van der Waals surface area (Å²) in [6.07, 6.45) is 0.988. The van der Waals surface area contributed by atoms with Gasteiger partial charge in [0, 0.05) is 49.3 Å². The fourth-order valence-corrected chi connectivity index (χ4v) is 3.95. The van der Waals surface area contributed by atoms with Gasteiger partial charge in [-0.2, -0.15) is 0 Å². The van der Waals surface area contributed by atoms with Crippen molar-refractivity contribution in [3.05, 3.63) is 70.9 Å². The minimum absolute atomic E-state index is 0.270. The van der Waals surface area contributed by atoms with E-state index in [-0.39, 0.29) is 12.6 Å². The van der Waals surface area contributed by atoms with Gasteiger partial charge in [0.05, 0.1) is 5.56 Å². The summed E-state index contributed by atoms with van der Waals surface area (Å²) in [5.41, 5.74) is 4.74. The Morgan fingerprint density at radius 3 is 2.55 bits per heavy atom. The first-order chi connectivity index (χ1) is 14.1. The van der Waals surface area contributed by atoms with E-state index < -0.39 is 0 Å². The molecule has 5 heteroatoms. The van der Waals surface area contributed by atoms with Crippen molar-refractivity contribution in [3.8, 4) is 0 Å². The predicted octanol–water partition coefficient (Wildman–Crippen LogP) is 3.62. The third-order valence-corrected chi connectivity index (χ3v) is 5.78. The Kier molecular flexibility index (Phi) is 5.97. The number of carbonyl (C=O) groups is 1. The van der Waals surface area contributed by atoms with Gasteiger partial charge >= 0.3 is 5.97 Å². The number of nitrogens with zero attached hydrogens (tertiary/aromatic N) is 2. The number of carbonyl (C=O) groups excluding carboxylic acids is 1. The molecule has 1 aromatic heterocycles. The molecule has 1 aliphatic heterocycles.